The second kappa shape index (κ2) is 7.09. The van der Waals surface area contributed by atoms with E-state index in [2.05, 4.69) is 67.4 Å². The van der Waals surface area contributed by atoms with Gasteiger partial charge in [0.15, 0.2) is 0 Å². The molecule has 1 aliphatic heterocycles. The second-order valence-corrected chi connectivity index (χ2v) is 6.16. The first-order valence-electron chi connectivity index (χ1n) is 7.81. The molecule has 0 saturated carbocycles. The van der Waals surface area contributed by atoms with Gasteiger partial charge in [-0.15, -0.1) is 0 Å². The van der Waals surface area contributed by atoms with Crippen LogP contribution < -0.4 is 10.2 Å². The Hall–Kier alpha value is -1.06. The summed E-state index contributed by atoms with van der Waals surface area (Å²) in [4.78, 5) is 4.66. The minimum absolute atomic E-state index is 0.565. The van der Waals surface area contributed by atoms with Crippen molar-refractivity contribution in [3.05, 3.63) is 29.8 Å². The third-order valence-electron chi connectivity index (χ3n) is 4.36. The average molecular weight is 275 g/mol. The van der Waals surface area contributed by atoms with Crippen molar-refractivity contribution < 1.29 is 0 Å². The molecule has 1 fully saturated rings. The number of anilines is 1. The molecule has 0 bridgehead atoms. The lowest BCUT2D eigenvalue weighted by molar-refractivity contribution is 0.272. The summed E-state index contributed by atoms with van der Waals surface area (Å²) in [6.07, 6.45) is 2.51. The van der Waals surface area contributed by atoms with E-state index in [4.69, 9.17) is 0 Å². The Morgan fingerprint density at radius 2 is 1.95 bits per heavy atom. The molecule has 0 spiro atoms. The molecule has 1 N–H and O–H groups in total. The third-order valence-corrected chi connectivity index (χ3v) is 4.36. The molecule has 1 aromatic carbocycles. The van der Waals surface area contributed by atoms with Gasteiger partial charge in [-0.25, -0.2) is 0 Å². The van der Waals surface area contributed by atoms with Crippen molar-refractivity contribution in [1.82, 2.24) is 10.2 Å². The van der Waals surface area contributed by atoms with E-state index in [-0.39, 0.29) is 0 Å². The van der Waals surface area contributed by atoms with Gasteiger partial charge in [-0.1, -0.05) is 19.1 Å². The van der Waals surface area contributed by atoms with E-state index in [0.29, 0.717) is 6.04 Å². The van der Waals surface area contributed by atoms with Crippen molar-refractivity contribution in [2.75, 3.05) is 45.7 Å². The average Bonchev–Trinajstić information content (AvgIpc) is 2.80. The molecule has 3 heteroatoms. The maximum absolute atomic E-state index is 3.59. The molecule has 2 unspecified atom stereocenters. The van der Waals surface area contributed by atoms with E-state index in [1.54, 1.807) is 0 Å². The van der Waals surface area contributed by atoms with Crippen molar-refractivity contribution in [2.24, 2.45) is 5.92 Å². The molecule has 0 aromatic heterocycles. The van der Waals surface area contributed by atoms with Crippen LogP contribution in [0.2, 0.25) is 0 Å². The number of nitrogens with one attached hydrogen (secondary N) is 1. The minimum Gasteiger partial charge on any atom is -0.378 e. The van der Waals surface area contributed by atoms with E-state index in [0.717, 1.165) is 19.0 Å². The predicted octanol–water partition coefficient (Wildman–Crippen LogP) is 2.75. The highest BCUT2D eigenvalue weighted by Gasteiger charge is 2.32. The number of nitrogens with zero attached hydrogens (tertiary/aromatic N) is 2. The third kappa shape index (κ3) is 3.53. The highest BCUT2D eigenvalue weighted by atomic mass is 15.2. The van der Waals surface area contributed by atoms with Gasteiger partial charge >= 0.3 is 0 Å². The number of hydrogen-bond donors (Lipinski definition) is 1. The highest BCUT2D eigenvalue weighted by molar-refractivity contribution is 5.46. The smallest absolute Gasteiger partial charge is 0.0385 e. The lowest BCUT2D eigenvalue weighted by Crippen LogP contribution is -2.29. The van der Waals surface area contributed by atoms with Crippen LogP contribution in [0, 0.1) is 5.92 Å². The summed E-state index contributed by atoms with van der Waals surface area (Å²) in [5.74, 6) is 0.733. The van der Waals surface area contributed by atoms with Gasteiger partial charge in [-0.2, -0.15) is 0 Å². The van der Waals surface area contributed by atoms with E-state index in [1.807, 2.05) is 0 Å². The maximum Gasteiger partial charge on any atom is 0.0385 e. The van der Waals surface area contributed by atoms with Crippen LogP contribution in [0.5, 0.6) is 0 Å². The largest absolute Gasteiger partial charge is 0.378 e. The molecular formula is C17H29N3. The summed E-state index contributed by atoms with van der Waals surface area (Å²) in [6, 6.07) is 9.63. The van der Waals surface area contributed by atoms with Crippen LogP contribution in [0.1, 0.15) is 31.4 Å². The Morgan fingerprint density at radius 1 is 1.25 bits per heavy atom. The van der Waals surface area contributed by atoms with Crippen molar-refractivity contribution >= 4 is 5.69 Å². The van der Waals surface area contributed by atoms with Crippen LogP contribution in [0.15, 0.2) is 24.3 Å². The standard InChI is InChI=1S/C17H29N3/c1-5-11-18-13-15-10-12-20(4)17(15)14-6-8-16(9-7-14)19(2)3/h6-9,15,17-18H,5,10-13H2,1-4H3. The van der Waals surface area contributed by atoms with Gasteiger partial charge in [-0.3, -0.25) is 4.90 Å². The SMILES string of the molecule is CCCNCC1CCN(C)C1c1ccc(N(C)C)cc1. The summed E-state index contributed by atoms with van der Waals surface area (Å²) in [5.41, 5.74) is 2.73. The topological polar surface area (TPSA) is 18.5 Å². The summed E-state index contributed by atoms with van der Waals surface area (Å²) in [5, 5.41) is 3.59. The molecule has 2 rings (SSSR count). The molecule has 0 amide bonds. The summed E-state index contributed by atoms with van der Waals surface area (Å²) in [7, 11) is 6.44. The summed E-state index contributed by atoms with van der Waals surface area (Å²) < 4.78 is 0. The highest BCUT2D eigenvalue weighted by Crippen LogP contribution is 2.36. The zero-order valence-electron chi connectivity index (χ0n) is 13.4. The Bertz CT molecular complexity index is 399. The predicted molar refractivity (Wildman–Crippen MR) is 87.4 cm³/mol. The molecule has 3 nitrogen and oxygen atoms in total. The molecular weight excluding hydrogens is 246 g/mol. The number of likely N-dealkylation sites (tertiary alicyclic amines) is 1. The molecule has 2 atom stereocenters. The van der Waals surface area contributed by atoms with Crippen LogP contribution in [0.4, 0.5) is 5.69 Å². The Morgan fingerprint density at radius 3 is 2.55 bits per heavy atom. The second-order valence-electron chi connectivity index (χ2n) is 6.16. The van der Waals surface area contributed by atoms with Crippen molar-refractivity contribution in [1.29, 1.82) is 0 Å². The van der Waals surface area contributed by atoms with Crippen LogP contribution in [0.3, 0.4) is 0 Å². The van der Waals surface area contributed by atoms with Crippen molar-refractivity contribution in [2.45, 2.75) is 25.8 Å². The van der Waals surface area contributed by atoms with E-state index in [9.17, 15) is 0 Å². The van der Waals surface area contributed by atoms with Gasteiger partial charge < -0.3 is 10.2 Å². The van der Waals surface area contributed by atoms with E-state index < -0.39 is 0 Å². The fraction of sp³-hybridized carbons (Fsp3) is 0.647. The van der Waals surface area contributed by atoms with Gasteiger partial charge in [0, 0.05) is 25.8 Å². The van der Waals surface area contributed by atoms with Crippen molar-refractivity contribution in [3.63, 3.8) is 0 Å². The van der Waals surface area contributed by atoms with Crippen LogP contribution in [0.25, 0.3) is 0 Å². The lowest BCUT2D eigenvalue weighted by atomic mass is 9.93. The zero-order chi connectivity index (χ0) is 14.5. The summed E-state index contributed by atoms with van der Waals surface area (Å²) in [6.45, 7) is 5.70. The molecule has 1 saturated heterocycles. The number of rotatable bonds is 6. The first kappa shape index (κ1) is 15.3. The fourth-order valence-electron chi connectivity index (χ4n) is 3.20. The lowest BCUT2D eigenvalue weighted by Gasteiger charge is -2.26. The first-order valence-corrected chi connectivity index (χ1v) is 7.81. The minimum atomic E-state index is 0.565. The first-order chi connectivity index (χ1) is 9.63. The molecule has 20 heavy (non-hydrogen) atoms. The van der Waals surface area contributed by atoms with Crippen molar-refractivity contribution in [3.8, 4) is 0 Å². The molecule has 1 heterocycles. The Kier molecular flexibility index (Phi) is 5.44. The Balaban J connectivity index is 2.06. The van der Waals surface area contributed by atoms with Gasteiger partial charge in [0.2, 0.25) is 0 Å². The molecule has 1 aliphatic rings. The van der Waals surface area contributed by atoms with Crippen LogP contribution >= 0.6 is 0 Å². The Labute approximate surface area is 124 Å². The van der Waals surface area contributed by atoms with Gasteiger partial charge in [0.25, 0.3) is 0 Å². The quantitative estimate of drug-likeness (QED) is 0.805. The van der Waals surface area contributed by atoms with Crippen LogP contribution in [-0.2, 0) is 0 Å². The fourth-order valence-corrected chi connectivity index (χ4v) is 3.20. The number of benzene rings is 1. The normalized spacial score (nSPS) is 23.2. The van der Waals surface area contributed by atoms with Gasteiger partial charge in [-0.05, 0) is 63.1 Å². The van der Waals surface area contributed by atoms with E-state index in [1.165, 1.54) is 30.6 Å². The van der Waals surface area contributed by atoms with Crippen LogP contribution in [-0.4, -0.2) is 45.7 Å². The van der Waals surface area contributed by atoms with Gasteiger partial charge in [0.05, 0.1) is 0 Å². The summed E-state index contributed by atoms with van der Waals surface area (Å²) >= 11 is 0. The molecule has 1 aromatic rings. The monoisotopic (exact) mass is 275 g/mol. The zero-order valence-corrected chi connectivity index (χ0v) is 13.4. The molecule has 0 radical (unpaired) electrons. The van der Waals surface area contributed by atoms with E-state index >= 15 is 0 Å². The number of hydrogen-bond acceptors (Lipinski definition) is 3. The van der Waals surface area contributed by atoms with Gasteiger partial charge in [0.1, 0.15) is 0 Å². The maximum atomic E-state index is 3.59. The molecule has 112 valence electrons. The molecule has 0 aliphatic carbocycles.